The SMILES string of the molecule is CC(=O)c1csc(NC(=O)c2cnccn2)n1. The first kappa shape index (κ1) is 11.3. The van der Waals surface area contributed by atoms with Crippen LogP contribution in [0.4, 0.5) is 5.13 Å². The molecule has 0 saturated carbocycles. The van der Waals surface area contributed by atoms with E-state index in [1.165, 1.54) is 36.9 Å². The number of Topliss-reactive ketones (excluding diaryl/α,β-unsaturated/α-hetero) is 1. The zero-order chi connectivity index (χ0) is 12.3. The summed E-state index contributed by atoms with van der Waals surface area (Å²) in [6, 6.07) is 0. The van der Waals surface area contributed by atoms with Crippen molar-refractivity contribution in [3.8, 4) is 0 Å². The molecule has 6 nitrogen and oxygen atoms in total. The third kappa shape index (κ3) is 2.70. The monoisotopic (exact) mass is 248 g/mol. The standard InChI is InChI=1S/C10H8N4O2S/c1-6(15)8-5-17-10(13-8)14-9(16)7-4-11-2-3-12-7/h2-5H,1H3,(H,13,14,16). The van der Waals surface area contributed by atoms with Gasteiger partial charge in [-0.05, 0) is 0 Å². The summed E-state index contributed by atoms with van der Waals surface area (Å²) in [6.07, 6.45) is 4.26. The molecule has 0 aliphatic carbocycles. The molecular weight excluding hydrogens is 240 g/mol. The van der Waals surface area contributed by atoms with Gasteiger partial charge in [0, 0.05) is 24.7 Å². The lowest BCUT2D eigenvalue weighted by Gasteiger charge is -1.98. The molecule has 7 heteroatoms. The third-order valence-electron chi connectivity index (χ3n) is 1.88. The Bertz CT molecular complexity index is 552. The van der Waals surface area contributed by atoms with Crippen molar-refractivity contribution >= 4 is 28.2 Å². The second-order valence-electron chi connectivity index (χ2n) is 3.14. The van der Waals surface area contributed by atoms with E-state index in [9.17, 15) is 9.59 Å². The number of thiazole rings is 1. The molecule has 0 bridgehead atoms. The molecule has 0 unspecified atom stereocenters. The molecule has 86 valence electrons. The van der Waals surface area contributed by atoms with E-state index in [1.807, 2.05) is 0 Å². The van der Waals surface area contributed by atoms with Crippen LogP contribution in [0.5, 0.6) is 0 Å². The summed E-state index contributed by atoms with van der Waals surface area (Å²) in [6.45, 7) is 1.42. The summed E-state index contributed by atoms with van der Waals surface area (Å²) in [5, 5.41) is 4.51. The highest BCUT2D eigenvalue weighted by atomic mass is 32.1. The van der Waals surface area contributed by atoms with Crippen LogP contribution in [0.3, 0.4) is 0 Å². The Balaban J connectivity index is 2.11. The summed E-state index contributed by atoms with van der Waals surface area (Å²) >= 11 is 1.19. The number of rotatable bonds is 3. The van der Waals surface area contributed by atoms with E-state index in [2.05, 4.69) is 20.3 Å². The van der Waals surface area contributed by atoms with Crippen molar-refractivity contribution in [2.75, 3.05) is 5.32 Å². The van der Waals surface area contributed by atoms with Crippen LogP contribution in [0.25, 0.3) is 0 Å². The maximum Gasteiger partial charge on any atom is 0.277 e. The number of anilines is 1. The molecule has 0 aliphatic rings. The Morgan fingerprint density at radius 1 is 1.29 bits per heavy atom. The van der Waals surface area contributed by atoms with E-state index < -0.39 is 5.91 Å². The average molecular weight is 248 g/mol. The van der Waals surface area contributed by atoms with Gasteiger partial charge in [-0.25, -0.2) is 9.97 Å². The van der Waals surface area contributed by atoms with Gasteiger partial charge in [0.1, 0.15) is 11.4 Å². The van der Waals surface area contributed by atoms with E-state index in [0.29, 0.717) is 10.8 Å². The van der Waals surface area contributed by atoms with Crippen molar-refractivity contribution in [1.82, 2.24) is 15.0 Å². The third-order valence-corrected chi connectivity index (χ3v) is 2.64. The zero-order valence-electron chi connectivity index (χ0n) is 8.88. The van der Waals surface area contributed by atoms with E-state index in [-0.39, 0.29) is 11.5 Å². The van der Waals surface area contributed by atoms with E-state index >= 15 is 0 Å². The maximum atomic E-state index is 11.7. The lowest BCUT2D eigenvalue weighted by molar-refractivity contribution is 0.100. The first-order valence-electron chi connectivity index (χ1n) is 4.70. The fourth-order valence-electron chi connectivity index (χ4n) is 1.07. The van der Waals surface area contributed by atoms with Crippen molar-refractivity contribution < 1.29 is 9.59 Å². The van der Waals surface area contributed by atoms with Gasteiger partial charge in [-0.1, -0.05) is 0 Å². The number of carbonyl (C=O) groups is 2. The van der Waals surface area contributed by atoms with Crippen LogP contribution >= 0.6 is 11.3 Å². The van der Waals surface area contributed by atoms with E-state index in [4.69, 9.17) is 0 Å². The van der Waals surface area contributed by atoms with E-state index in [1.54, 1.807) is 5.38 Å². The van der Waals surface area contributed by atoms with Crippen molar-refractivity contribution in [2.24, 2.45) is 0 Å². The first-order chi connectivity index (χ1) is 8.16. The fraction of sp³-hybridized carbons (Fsp3) is 0.100. The quantitative estimate of drug-likeness (QED) is 0.829. The number of nitrogens with one attached hydrogen (secondary N) is 1. The van der Waals surface area contributed by atoms with Gasteiger partial charge in [-0.2, -0.15) is 0 Å². The molecule has 0 aromatic carbocycles. The normalized spacial score (nSPS) is 9.94. The second kappa shape index (κ2) is 4.79. The first-order valence-corrected chi connectivity index (χ1v) is 5.58. The molecule has 1 amide bonds. The van der Waals surface area contributed by atoms with Crippen LogP contribution in [-0.2, 0) is 0 Å². The largest absolute Gasteiger partial charge is 0.296 e. The number of ketones is 1. The highest BCUT2D eigenvalue weighted by molar-refractivity contribution is 7.14. The van der Waals surface area contributed by atoms with Gasteiger partial charge in [-0.15, -0.1) is 11.3 Å². The maximum absolute atomic E-state index is 11.7. The number of amides is 1. The Hall–Kier alpha value is -2.15. The number of carbonyl (C=O) groups excluding carboxylic acids is 2. The highest BCUT2D eigenvalue weighted by Crippen LogP contribution is 2.16. The number of aromatic nitrogens is 3. The summed E-state index contributed by atoms with van der Waals surface area (Å²) < 4.78 is 0. The van der Waals surface area contributed by atoms with Crippen molar-refractivity contribution in [1.29, 1.82) is 0 Å². The van der Waals surface area contributed by atoms with Crippen LogP contribution in [0, 0.1) is 0 Å². The molecule has 0 fully saturated rings. The molecular formula is C10H8N4O2S. The van der Waals surface area contributed by atoms with Gasteiger partial charge in [0.15, 0.2) is 10.9 Å². The molecule has 1 N–H and O–H groups in total. The fourth-order valence-corrected chi connectivity index (χ4v) is 1.81. The number of hydrogen-bond acceptors (Lipinski definition) is 6. The molecule has 2 rings (SSSR count). The zero-order valence-corrected chi connectivity index (χ0v) is 9.69. The topological polar surface area (TPSA) is 84.8 Å². The minimum atomic E-state index is -0.400. The molecule has 2 aromatic heterocycles. The van der Waals surface area contributed by atoms with Gasteiger partial charge in [-0.3, -0.25) is 19.9 Å². The van der Waals surface area contributed by atoms with Crippen LogP contribution in [0.15, 0.2) is 24.0 Å². The second-order valence-corrected chi connectivity index (χ2v) is 4.00. The number of nitrogens with zero attached hydrogens (tertiary/aromatic N) is 3. The Morgan fingerprint density at radius 2 is 2.12 bits per heavy atom. The minimum absolute atomic E-state index is 0.138. The highest BCUT2D eigenvalue weighted by Gasteiger charge is 2.11. The molecule has 0 saturated heterocycles. The van der Waals surface area contributed by atoms with Gasteiger partial charge >= 0.3 is 0 Å². The predicted octanol–water partition coefficient (Wildman–Crippen LogP) is 1.39. The Morgan fingerprint density at radius 3 is 2.71 bits per heavy atom. The smallest absolute Gasteiger partial charge is 0.277 e. The van der Waals surface area contributed by atoms with Crippen LogP contribution in [0.1, 0.15) is 27.9 Å². The van der Waals surface area contributed by atoms with Crippen LogP contribution in [0.2, 0.25) is 0 Å². The summed E-state index contributed by atoms with van der Waals surface area (Å²) in [5.41, 5.74) is 0.538. The Kier molecular flexibility index (Phi) is 3.20. The summed E-state index contributed by atoms with van der Waals surface area (Å²) in [7, 11) is 0. The molecule has 2 heterocycles. The molecule has 2 aromatic rings. The van der Waals surface area contributed by atoms with Gasteiger partial charge < -0.3 is 0 Å². The van der Waals surface area contributed by atoms with Crippen molar-refractivity contribution in [3.63, 3.8) is 0 Å². The van der Waals surface area contributed by atoms with Crippen LogP contribution in [-0.4, -0.2) is 26.6 Å². The van der Waals surface area contributed by atoms with Gasteiger partial charge in [0.05, 0.1) is 6.20 Å². The predicted molar refractivity (Wildman–Crippen MR) is 62.1 cm³/mol. The Labute approximate surface area is 101 Å². The molecule has 0 aliphatic heterocycles. The van der Waals surface area contributed by atoms with Gasteiger partial charge in [0.25, 0.3) is 5.91 Å². The van der Waals surface area contributed by atoms with Gasteiger partial charge in [0.2, 0.25) is 0 Å². The molecule has 17 heavy (non-hydrogen) atoms. The van der Waals surface area contributed by atoms with E-state index in [0.717, 1.165) is 0 Å². The molecule has 0 spiro atoms. The lowest BCUT2D eigenvalue weighted by atomic mass is 10.4. The summed E-state index contributed by atoms with van der Waals surface area (Å²) in [5.74, 6) is -0.538. The van der Waals surface area contributed by atoms with Crippen molar-refractivity contribution in [3.05, 3.63) is 35.4 Å². The summed E-state index contributed by atoms with van der Waals surface area (Å²) in [4.78, 5) is 34.3. The van der Waals surface area contributed by atoms with Crippen LogP contribution < -0.4 is 5.32 Å². The average Bonchev–Trinajstić information content (AvgIpc) is 2.79. The molecule has 0 atom stereocenters. The lowest BCUT2D eigenvalue weighted by Crippen LogP contribution is -2.13. The van der Waals surface area contributed by atoms with Crippen molar-refractivity contribution in [2.45, 2.75) is 6.92 Å². The number of hydrogen-bond donors (Lipinski definition) is 1. The molecule has 0 radical (unpaired) electrons. The minimum Gasteiger partial charge on any atom is -0.296 e.